The number of aliphatic imine (C=N–C) groups is 1. The second kappa shape index (κ2) is 8.93. The molecule has 1 aromatic heterocycles. The summed E-state index contributed by atoms with van der Waals surface area (Å²) in [6, 6.07) is 13.6. The summed E-state index contributed by atoms with van der Waals surface area (Å²) in [4.78, 5) is 6.46. The van der Waals surface area contributed by atoms with E-state index in [9.17, 15) is 5.11 Å². The molecule has 0 aliphatic rings. The highest BCUT2D eigenvalue weighted by atomic mass is 127. The Kier molecular flexibility index (Phi) is 7.57. The monoisotopic (exact) mass is 429 g/mol. The standard InChI is InChI=1S/C17H23N3O2.HI/c1-17(21,15-10-7-11-22-15)13-19-16(20(2)3)18-12-14-8-5-4-6-9-14;/h4-11,21H,12-13H2,1-3H3,(H,18,19);1H. The Morgan fingerprint density at radius 3 is 2.48 bits per heavy atom. The smallest absolute Gasteiger partial charge is 0.193 e. The second-order valence-electron chi connectivity index (χ2n) is 5.62. The minimum absolute atomic E-state index is 0. The minimum atomic E-state index is -1.09. The van der Waals surface area contributed by atoms with E-state index in [0.29, 0.717) is 18.8 Å². The van der Waals surface area contributed by atoms with Crippen LogP contribution in [0, 0.1) is 0 Å². The molecule has 1 heterocycles. The number of hydrogen-bond donors (Lipinski definition) is 2. The van der Waals surface area contributed by atoms with Crippen molar-refractivity contribution in [3.05, 3.63) is 60.1 Å². The molecule has 126 valence electrons. The van der Waals surface area contributed by atoms with Crippen molar-refractivity contribution in [1.82, 2.24) is 10.2 Å². The van der Waals surface area contributed by atoms with E-state index in [4.69, 9.17) is 4.42 Å². The quantitative estimate of drug-likeness (QED) is 0.436. The maximum absolute atomic E-state index is 10.5. The number of rotatable bonds is 5. The van der Waals surface area contributed by atoms with Gasteiger partial charge in [0.05, 0.1) is 19.4 Å². The first-order chi connectivity index (χ1) is 10.5. The lowest BCUT2D eigenvalue weighted by atomic mass is 10.0. The lowest BCUT2D eigenvalue weighted by Crippen LogP contribution is -2.44. The topological polar surface area (TPSA) is 61.0 Å². The summed E-state index contributed by atoms with van der Waals surface area (Å²) < 4.78 is 5.28. The van der Waals surface area contributed by atoms with Gasteiger partial charge in [-0.1, -0.05) is 30.3 Å². The van der Waals surface area contributed by atoms with E-state index >= 15 is 0 Å². The van der Waals surface area contributed by atoms with Crippen molar-refractivity contribution in [3.63, 3.8) is 0 Å². The van der Waals surface area contributed by atoms with Crippen molar-refractivity contribution in [2.45, 2.75) is 19.1 Å². The molecule has 0 spiro atoms. The van der Waals surface area contributed by atoms with Gasteiger partial charge in [-0.15, -0.1) is 24.0 Å². The van der Waals surface area contributed by atoms with Crippen molar-refractivity contribution in [2.75, 3.05) is 20.6 Å². The van der Waals surface area contributed by atoms with Gasteiger partial charge in [-0.2, -0.15) is 0 Å². The molecular weight excluding hydrogens is 405 g/mol. The van der Waals surface area contributed by atoms with E-state index in [-0.39, 0.29) is 24.0 Å². The zero-order chi connectivity index (χ0) is 16.0. The van der Waals surface area contributed by atoms with Gasteiger partial charge in [0.1, 0.15) is 11.4 Å². The van der Waals surface area contributed by atoms with Crippen molar-refractivity contribution >= 4 is 29.9 Å². The Bertz CT molecular complexity index is 596. The molecule has 0 fully saturated rings. The fraction of sp³-hybridized carbons (Fsp3) is 0.353. The third kappa shape index (κ3) is 5.87. The fourth-order valence-electron chi connectivity index (χ4n) is 2.03. The molecule has 1 aromatic carbocycles. The van der Waals surface area contributed by atoms with Gasteiger partial charge >= 0.3 is 0 Å². The van der Waals surface area contributed by atoms with E-state index in [1.54, 1.807) is 25.3 Å². The van der Waals surface area contributed by atoms with E-state index in [1.165, 1.54) is 0 Å². The Labute approximate surface area is 154 Å². The van der Waals surface area contributed by atoms with Crippen molar-refractivity contribution in [1.29, 1.82) is 0 Å². The predicted molar refractivity (Wildman–Crippen MR) is 103 cm³/mol. The number of benzene rings is 1. The Hall–Kier alpha value is -1.54. The molecule has 0 saturated heterocycles. The van der Waals surface area contributed by atoms with Gasteiger partial charge in [0, 0.05) is 14.1 Å². The SMILES string of the molecule is CN(C)C(=NCc1ccccc1)NCC(C)(O)c1ccco1.I. The van der Waals surface area contributed by atoms with Crippen molar-refractivity contribution < 1.29 is 9.52 Å². The average molecular weight is 429 g/mol. The van der Waals surface area contributed by atoms with E-state index in [2.05, 4.69) is 10.3 Å². The van der Waals surface area contributed by atoms with Gasteiger partial charge < -0.3 is 19.7 Å². The van der Waals surface area contributed by atoms with Gasteiger partial charge in [-0.05, 0) is 24.6 Å². The van der Waals surface area contributed by atoms with Crippen LogP contribution in [-0.4, -0.2) is 36.6 Å². The molecule has 1 atom stereocenters. The Morgan fingerprint density at radius 1 is 1.22 bits per heavy atom. The van der Waals surface area contributed by atoms with Crippen LogP contribution in [0.1, 0.15) is 18.2 Å². The van der Waals surface area contributed by atoms with Crippen LogP contribution in [0.3, 0.4) is 0 Å². The van der Waals surface area contributed by atoms with Crippen molar-refractivity contribution in [3.8, 4) is 0 Å². The van der Waals surface area contributed by atoms with Crippen LogP contribution in [0.4, 0.5) is 0 Å². The van der Waals surface area contributed by atoms with Gasteiger partial charge in [0.25, 0.3) is 0 Å². The maximum atomic E-state index is 10.5. The van der Waals surface area contributed by atoms with E-state index in [1.807, 2.05) is 49.3 Å². The van der Waals surface area contributed by atoms with Gasteiger partial charge in [-0.25, -0.2) is 4.99 Å². The number of furan rings is 1. The maximum Gasteiger partial charge on any atom is 0.193 e. The summed E-state index contributed by atoms with van der Waals surface area (Å²) in [5, 5.41) is 13.6. The molecule has 2 N–H and O–H groups in total. The number of hydrogen-bond acceptors (Lipinski definition) is 3. The zero-order valence-electron chi connectivity index (χ0n) is 13.7. The highest BCUT2D eigenvalue weighted by molar-refractivity contribution is 14.0. The first-order valence-electron chi connectivity index (χ1n) is 7.25. The van der Waals surface area contributed by atoms with Gasteiger partial charge in [0.15, 0.2) is 5.96 Å². The summed E-state index contributed by atoms with van der Waals surface area (Å²) in [7, 11) is 3.83. The number of halogens is 1. The lowest BCUT2D eigenvalue weighted by Gasteiger charge is -2.25. The minimum Gasteiger partial charge on any atom is -0.466 e. The predicted octanol–water partition coefficient (Wildman–Crippen LogP) is 2.81. The molecule has 6 heteroatoms. The molecule has 2 aromatic rings. The lowest BCUT2D eigenvalue weighted by molar-refractivity contribution is 0.0382. The third-order valence-corrected chi connectivity index (χ3v) is 3.32. The third-order valence-electron chi connectivity index (χ3n) is 3.32. The molecule has 5 nitrogen and oxygen atoms in total. The number of nitrogens with one attached hydrogen (secondary N) is 1. The van der Waals surface area contributed by atoms with Crippen LogP contribution in [0.5, 0.6) is 0 Å². The zero-order valence-corrected chi connectivity index (χ0v) is 16.0. The van der Waals surface area contributed by atoms with Gasteiger partial charge in [-0.3, -0.25) is 0 Å². The van der Waals surface area contributed by atoms with E-state index in [0.717, 1.165) is 11.5 Å². The highest BCUT2D eigenvalue weighted by Crippen LogP contribution is 2.19. The molecule has 0 saturated carbocycles. The van der Waals surface area contributed by atoms with Crippen LogP contribution in [-0.2, 0) is 12.1 Å². The summed E-state index contributed by atoms with van der Waals surface area (Å²) in [6.07, 6.45) is 1.56. The van der Waals surface area contributed by atoms with E-state index < -0.39 is 5.60 Å². The molecule has 0 bridgehead atoms. The number of nitrogens with zero attached hydrogens (tertiary/aromatic N) is 2. The summed E-state index contributed by atoms with van der Waals surface area (Å²) in [5.41, 5.74) is 0.0500. The van der Waals surface area contributed by atoms with Crippen molar-refractivity contribution in [2.24, 2.45) is 4.99 Å². The number of guanidine groups is 1. The first kappa shape index (κ1) is 19.5. The first-order valence-corrected chi connectivity index (χ1v) is 7.25. The van der Waals surface area contributed by atoms with Crippen LogP contribution in [0.2, 0.25) is 0 Å². The molecule has 0 aliphatic carbocycles. The average Bonchev–Trinajstić information content (AvgIpc) is 3.03. The molecule has 0 amide bonds. The molecule has 1 unspecified atom stereocenters. The largest absolute Gasteiger partial charge is 0.466 e. The van der Waals surface area contributed by atoms with Gasteiger partial charge in [0.2, 0.25) is 0 Å². The number of aliphatic hydroxyl groups is 1. The Morgan fingerprint density at radius 2 is 1.91 bits per heavy atom. The molecular formula is C17H24IN3O2. The molecule has 0 aliphatic heterocycles. The van der Waals surface area contributed by atoms with Crippen LogP contribution in [0.25, 0.3) is 0 Å². The van der Waals surface area contributed by atoms with Crippen LogP contribution < -0.4 is 5.32 Å². The summed E-state index contributed by atoms with van der Waals surface area (Å²) in [5.74, 6) is 1.25. The fourth-order valence-corrected chi connectivity index (χ4v) is 2.03. The Balaban J connectivity index is 0.00000264. The van der Waals surface area contributed by atoms with Crippen LogP contribution in [0.15, 0.2) is 58.1 Å². The normalized spacial score (nSPS) is 13.8. The van der Waals surface area contributed by atoms with Crippen LogP contribution >= 0.6 is 24.0 Å². The summed E-state index contributed by atoms with van der Waals surface area (Å²) >= 11 is 0. The molecule has 0 radical (unpaired) electrons. The molecule has 2 rings (SSSR count). The summed E-state index contributed by atoms with van der Waals surface area (Å²) in [6.45, 7) is 2.61. The highest BCUT2D eigenvalue weighted by Gasteiger charge is 2.26. The second-order valence-corrected chi connectivity index (χ2v) is 5.62. The molecule has 23 heavy (non-hydrogen) atoms.